The van der Waals surface area contributed by atoms with Crippen molar-refractivity contribution in [2.24, 2.45) is 0 Å². The molecule has 4 rings (SSSR count). The molecule has 1 aromatic carbocycles. The minimum Gasteiger partial charge on any atom is -0.376 e. The Kier molecular flexibility index (Phi) is 6.21. The number of nitrogens with one attached hydrogen (secondary N) is 1. The first-order valence-electron chi connectivity index (χ1n) is 10.0. The van der Waals surface area contributed by atoms with Gasteiger partial charge in [0.2, 0.25) is 5.91 Å². The van der Waals surface area contributed by atoms with Crippen molar-refractivity contribution in [2.75, 3.05) is 46.0 Å². The minimum atomic E-state index is -4.40. The van der Waals surface area contributed by atoms with Gasteiger partial charge in [0.1, 0.15) is 5.52 Å². The molecule has 8 nitrogen and oxygen atoms in total. The van der Waals surface area contributed by atoms with E-state index in [1.54, 1.807) is 4.68 Å². The van der Waals surface area contributed by atoms with Gasteiger partial charge in [0.15, 0.2) is 0 Å². The summed E-state index contributed by atoms with van der Waals surface area (Å²) in [4.78, 5) is 14.2. The van der Waals surface area contributed by atoms with Crippen LogP contribution >= 0.6 is 0 Å². The standard InChI is InChI=1S/C19H24F3N5O3/c20-19(21,22)13-1-2-17-16(9-13)24-25-27(17)14-3-5-26(6-4-14)11-18(28)23-10-15-12-29-7-8-30-15/h1-2,9,14-15H,3-8,10-12H2,(H,23,28). The van der Waals surface area contributed by atoms with Gasteiger partial charge in [-0.25, -0.2) is 4.68 Å². The average Bonchev–Trinajstić information content (AvgIpc) is 3.16. The van der Waals surface area contributed by atoms with Gasteiger partial charge in [-0.05, 0) is 31.0 Å². The Bertz CT molecular complexity index is 874. The van der Waals surface area contributed by atoms with E-state index in [0.29, 0.717) is 51.5 Å². The van der Waals surface area contributed by atoms with Gasteiger partial charge in [0.05, 0.1) is 49.6 Å². The number of rotatable bonds is 5. The topological polar surface area (TPSA) is 81.5 Å². The van der Waals surface area contributed by atoms with Gasteiger partial charge in [-0.3, -0.25) is 9.69 Å². The van der Waals surface area contributed by atoms with E-state index in [9.17, 15) is 18.0 Å². The number of halogens is 3. The summed E-state index contributed by atoms with van der Waals surface area (Å²) in [6.45, 7) is 3.74. The number of nitrogens with zero attached hydrogens (tertiary/aromatic N) is 4. The normalized spacial score (nSPS) is 21.8. The molecule has 2 aromatic rings. The fourth-order valence-electron chi connectivity index (χ4n) is 3.85. The molecule has 0 radical (unpaired) electrons. The highest BCUT2D eigenvalue weighted by molar-refractivity contribution is 5.78. The second-order valence-electron chi connectivity index (χ2n) is 7.61. The summed E-state index contributed by atoms with van der Waals surface area (Å²) in [5.41, 5.74) is 0.0995. The molecule has 2 aliphatic rings. The van der Waals surface area contributed by atoms with E-state index in [4.69, 9.17) is 9.47 Å². The number of likely N-dealkylation sites (tertiary alicyclic amines) is 1. The van der Waals surface area contributed by atoms with Crippen LogP contribution in [-0.2, 0) is 20.4 Å². The number of carbonyl (C=O) groups is 1. The van der Waals surface area contributed by atoms with E-state index in [2.05, 4.69) is 20.5 Å². The molecule has 3 heterocycles. The number of benzene rings is 1. The molecule has 11 heteroatoms. The monoisotopic (exact) mass is 427 g/mol. The molecule has 1 aromatic heterocycles. The third-order valence-corrected chi connectivity index (χ3v) is 5.48. The number of hydrogen-bond donors (Lipinski definition) is 1. The maximum absolute atomic E-state index is 12.9. The molecule has 0 aliphatic carbocycles. The number of hydrogen-bond acceptors (Lipinski definition) is 6. The number of piperidine rings is 1. The SMILES string of the molecule is O=C(CN1CCC(n2nnc3cc(C(F)(F)F)ccc32)CC1)NCC1COCCO1. The number of fused-ring (bicyclic) bond motifs is 1. The van der Waals surface area contributed by atoms with Crippen LogP contribution in [0.2, 0.25) is 0 Å². The molecule has 0 bridgehead atoms. The molecule has 1 atom stereocenters. The zero-order valence-electron chi connectivity index (χ0n) is 16.4. The van der Waals surface area contributed by atoms with Crippen molar-refractivity contribution in [2.45, 2.75) is 31.2 Å². The van der Waals surface area contributed by atoms with Gasteiger partial charge in [0.25, 0.3) is 0 Å². The van der Waals surface area contributed by atoms with E-state index < -0.39 is 11.7 Å². The molecule has 2 saturated heterocycles. The molecule has 2 fully saturated rings. The van der Waals surface area contributed by atoms with Gasteiger partial charge < -0.3 is 14.8 Å². The van der Waals surface area contributed by atoms with Gasteiger partial charge in [-0.2, -0.15) is 13.2 Å². The van der Waals surface area contributed by atoms with E-state index in [1.807, 2.05) is 0 Å². The second-order valence-corrected chi connectivity index (χ2v) is 7.61. The molecule has 30 heavy (non-hydrogen) atoms. The Morgan fingerprint density at radius 2 is 2.03 bits per heavy atom. The Balaban J connectivity index is 1.28. The molecule has 0 spiro atoms. The predicted octanol–water partition coefficient (Wildman–Crippen LogP) is 1.62. The quantitative estimate of drug-likeness (QED) is 0.781. The number of aromatic nitrogens is 3. The van der Waals surface area contributed by atoms with Crippen molar-refractivity contribution in [3.63, 3.8) is 0 Å². The van der Waals surface area contributed by atoms with E-state index in [-0.39, 0.29) is 23.6 Å². The zero-order valence-corrected chi connectivity index (χ0v) is 16.4. The van der Waals surface area contributed by atoms with Crippen LogP contribution in [0.3, 0.4) is 0 Å². The summed E-state index contributed by atoms with van der Waals surface area (Å²) in [7, 11) is 0. The lowest BCUT2D eigenvalue weighted by Crippen LogP contribution is -2.45. The fraction of sp³-hybridized carbons (Fsp3) is 0.632. The highest BCUT2D eigenvalue weighted by atomic mass is 19.4. The molecular weight excluding hydrogens is 403 g/mol. The lowest BCUT2D eigenvalue weighted by molar-refractivity contribution is -0.137. The summed E-state index contributed by atoms with van der Waals surface area (Å²) in [5, 5.41) is 10.9. The lowest BCUT2D eigenvalue weighted by atomic mass is 10.0. The average molecular weight is 427 g/mol. The molecule has 1 amide bonds. The predicted molar refractivity (Wildman–Crippen MR) is 101 cm³/mol. The molecule has 2 aliphatic heterocycles. The van der Waals surface area contributed by atoms with Crippen molar-refractivity contribution in [3.8, 4) is 0 Å². The van der Waals surface area contributed by atoms with Crippen LogP contribution in [0.15, 0.2) is 18.2 Å². The maximum Gasteiger partial charge on any atom is 0.416 e. The zero-order chi connectivity index (χ0) is 21.1. The highest BCUT2D eigenvalue weighted by Crippen LogP contribution is 2.32. The fourth-order valence-corrected chi connectivity index (χ4v) is 3.85. The lowest BCUT2D eigenvalue weighted by Gasteiger charge is -2.31. The van der Waals surface area contributed by atoms with Gasteiger partial charge in [-0.15, -0.1) is 5.10 Å². The van der Waals surface area contributed by atoms with Crippen LogP contribution in [-0.4, -0.2) is 77.9 Å². The van der Waals surface area contributed by atoms with E-state index in [1.165, 1.54) is 6.07 Å². The Hall–Kier alpha value is -2.24. The van der Waals surface area contributed by atoms with Crippen molar-refractivity contribution in [1.29, 1.82) is 0 Å². The van der Waals surface area contributed by atoms with Gasteiger partial charge in [-0.1, -0.05) is 5.21 Å². The van der Waals surface area contributed by atoms with Crippen LogP contribution in [0, 0.1) is 0 Å². The molecule has 164 valence electrons. The Morgan fingerprint density at radius 3 is 2.73 bits per heavy atom. The summed E-state index contributed by atoms with van der Waals surface area (Å²) < 4.78 is 51.2. The van der Waals surface area contributed by atoms with E-state index >= 15 is 0 Å². The van der Waals surface area contributed by atoms with Crippen LogP contribution in [0.5, 0.6) is 0 Å². The van der Waals surface area contributed by atoms with Crippen LogP contribution in [0.1, 0.15) is 24.4 Å². The molecule has 1 unspecified atom stereocenters. The number of amides is 1. The molecular formula is C19H24F3N5O3. The number of ether oxygens (including phenoxy) is 2. The third kappa shape index (κ3) is 4.90. The first kappa shape index (κ1) is 21.0. The Labute approximate surface area is 171 Å². The largest absolute Gasteiger partial charge is 0.416 e. The first-order valence-corrected chi connectivity index (χ1v) is 10.0. The van der Waals surface area contributed by atoms with Crippen LogP contribution < -0.4 is 5.32 Å². The van der Waals surface area contributed by atoms with Crippen molar-refractivity contribution in [1.82, 2.24) is 25.2 Å². The van der Waals surface area contributed by atoms with Crippen molar-refractivity contribution in [3.05, 3.63) is 23.8 Å². The summed E-state index contributed by atoms with van der Waals surface area (Å²) in [6.07, 6.45) is -3.02. The van der Waals surface area contributed by atoms with Crippen LogP contribution in [0.25, 0.3) is 11.0 Å². The highest BCUT2D eigenvalue weighted by Gasteiger charge is 2.31. The van der Waals surface area contributed by atoms with Crippen molar-refractivity contribution < 1.29 is 27.4 Å². The smallest absolute Gasteiger partial charge is 0.376 e. The first-order chi connectivity index (χ1) is 14.4. The van der Waals surface area contributed by atoms with Gasteiger partial charge >= 0.3 is 6.18 Å². The number of carbonyl (C=O) groups excluding carboxylic acids is 1. The van der Waals surface area contributed by atoms with Gasteiger partial charge in [0, 0.05) is 19.6 Å². The molecule has 0 saturated carbocycles. The molecule has 1 N–H and O–H groups in total. The maximum atomic E-state index is 12.9. The number of alkyl halides is 3. The summed E-state index contributed by atoms with van der Waals surface area (Å²) in [6, 6.07) is 3.55. The second kappa shape index (κ2) is 8.86. The Morgan fingerprint density at radius 1 is 1.23 bits per heavy atom. The van der Waals surface area contributed by atoms with Crippen molar-refractivity contribution >= 4 is 16.9 Å². The third-order valence-electron chi connectivity index (χ3n) is 5.48. The van der Waals surface area contributed by atoms with E-state index in [0.717, 1.165) is 25.0 Å². The summed E-state index contributed by atoms with van der Waals surface area (Å²) in [5.74, 6) is -0.0616. The minimum absolute atomic E-state index is 0.0406. The summed E-state index contributed by atoms with van der Waals surface area (Å²) >= 11 is 0. The van der Waals surface area contributed by atoms with Crippen LogP contribution in [0.4, 0.5) is 13.2 Å².